The fraction of sp³-hybridized carbons (Fsp3) is 0.0526. The summed E-state index contributed by atoms with van der Waals surface area (Å²) in [6.45, 7) is 0.237. The number of nitrogens with zero attached hydrogens (tertiary/aromatic N) is 2. The largest absolute Gasteiger partial charge is 0.456 e. The molecule has 0 spiro atoms. The average molecular weight is 302 g/mol. The number of rotatable bonds is 3. The summed E-state index contributed by atoms with van der Waals surface area (Å²) < 4.78 is 7.09. The van der Waals surface area contributed by atoms with Gasteiger partial charge in [-0.1, -0.05) is 54.6 Å². The highest BCUT2D eigenvalue weighted by Crippen LogP contribution is 2.23. The molecule has 112 valence electrons. The molecule has 0 N–H and O–H groups in total. The van der Waals surface area contributed by atoms with Gasteiger partial charge in [-0.25, -0.2) is 9.47 Å². The van der Waals surface area contributed by atoms with E-state index < -0.39 is 5.97 Å². The summed E-state index contributed by atoms with van der Waals surface area (Å²) in [5.41, 5.74) is 3.26. The Morgan fingerprint density at radius 1 is 1.00 bits per heavy atom. The normalized spacial score (nSPS) is 12.8. The van der Waals surface area contributed by atoms with E-state index in [0.717, 1.165) is 22.0 Å². The van der Waals surface area contributed by atoms with Gasteiger partial charge in [0.1, 0.15) is 6.61 Å². The highest BCUT2D eigenvalue weighted by molar-refractivity contribution is 6.42. The lowest BCUT2D eigenvalue weighted by atomic mass is 10.1. The van der Waals surface area contributed by atoms with E-state index in [4.69, 9.17) is 4.74 Å². The smallest absolute Gasteiger partial charge is 0.359 e. The van der Waals surface area contributed by atoms with Crippen molar-refractivity contribution in [3.8, 4) is 0 Å². The van der Waals surface area contributed by atoms with Gasteiger partial charge in [0.15, 0.2) is 5.71 Å². The van der Waals surface area contributed by atoms with Crippen LogP contribution in [-0.4, -0.2) is 16.4 Å². The molecule has 0 saturated carbocycles. The van der Waals surface area contributed by atoms with Gasteiger partial charge in [-0.15, -0.1) is 0 Å². The lowest BCUT2D eigenvalue weighted by Gasteiger charge is -2.04. The van der Waals surface area contributed by atoms with Crippen LogP contribution in [-0.2, 0) is 16.1 Å². The Bertz CT molecular complexity index is 936. The number of hydrogen-bond acceptors (Lipinski definition) is 3. The zero-order chi connectivity index (χ0) is 15.6. The molecule has 1 aliphatic heterocycles. The van der Waals surface area contributed by atoms with Crippen molar-refractivity contribution in [3.05, 3.63) is 78.0 Å². The van der Waals surface area contributed by atoms with Crippen molar-refractivity contribution in [2.75, 3.05) is 0 Å². The SMILES string of the molecule is O=C(OCc1ccccc1)C1=Nn2ccc3cccc(c32)C=C1. The van der Waals surface area contributed by atoms with Crippen molar-refractivity contribution in [2.45, 2.75) is 6.61 Å². The van der Waals surface area contributed by atoms with Gasteiger partial charge in [-0.05, 0) is 17.7 Å². The third kappa shape index (κ3) is 2.55. The number of benzene rings is 2. The first-order chi connectivity index (χ1) is 11.3. The highest BCUT2D eigenvalue weighted by Gasteiger charge is 2.15. The van der Waals surface area contributed by atoms with E-state index in [-0.39, 0.29) is 12.3 Å². The van der Waals surface area contributed by atoms with Crippen LogP contribution < -0.4 is 0 Å². The van der Waals surface area contributed by atoms with Gasteiger partial charge in [0, 0.05) is 17.1 Å². The Morgan fingerprint density at radius 2 is 1.87 bits per heavy atom. The van der Waals surface area contributed by atoms with E-state index in [0.29, 0.717) is 0 Å². The summed E-state index contributed by atoms with van der Waals surface area (Å²) in [6, 6.07) is 17.6. The summed E-state index contributed by atoms with van der Waals surface area (Å²) in [4.78, 5) is 12.3. The fourth-order valence-electron chi connectivity index (χ4n) is 2.65. The molecule has 0 bridgehead atoms. The predicted octanol–water partition coefficient (Wildman–Crippen LogP) is 3.62. The van der Waals surface area contributed by atoms with Gasteiger partial charge in [0.2, 0.25) is 0 Å². The van der Waals surface area contributed by atoms with E-state index in [1.165, 1.54) is 0 Å². The summed E-state index contributed by atoms with van der Waals surface area (Å²) in [7, 11) is 0. The van der Waals surface area contributed by atoms with Gasteiger partial charge in [-0.2, -0.15) is 5.10 Å². The van der Waals surface area contributed by atoms with Crippen LogP contribution in [0.2, 0.25) is 0 Å². The Morgan fingerprint density at radius 3 is 2.74 bits per heavy atom. The van der Waals surface area contributed by atoms with Crippen molar-refractivity contribution >= 4 is 28.7 Å². The molecule has 4 heteroatoms. The molecule has 0 radical (unpaired) electrons. The van der Waals surface area contributed by atoms with Crippen LogP contribution in [0.25, 0.3) is 17.0 Å². The van der Waals surface area contributed by atoms with E-state index >= 15 is 0 Å². The molecule has 0 fully saturated rings. The van der Waals surface area contributed by atoms with Crippen LogP contribution in [0.4, 0.5) is 0 Å². The molecule has 4 rings (SSSR count). The first-order valence-electron chi connectivity index (χ1n) is 7.39. The minimum absolute atomic E-state index is 0.237. The van der Waals surface area contributed by atoms with Crippen molar-refractivity contribution in [1.82, 2.24) is 4.68 Å². The lowest BCUT2D eigenvalue weighted by molar-refractivity contribution is -0.136. The molecule has 0 aliphatic carbocycles. The maximum Gasteiger partial charge on any atom is 0.359 e. The van der Waals surface area contributed by atoms with Gasteiger partial charge in [-0.3, -0.25) is 0 Å². The third-order valence-corrected chi connectivity index (χ3v) is 3.78. The van der Waals surface area contributed by atoms with E-state index in [1.807, 2.05) is 66.9 Å². The molecule has 2 aromatic carbocycles. The number of hydrogen-bond donors (Lipinski definition) is 0. The molecule has 0 atom stereocenters. The lowest BCUT2D eigenvalue weighted by Crippen LogP contribution is -2.16. The molecular formula is C19H14N2O2. The molecule has 4 nitrogen and oxygen atoms in total. The van der Waals surface area contributed by atoms with Crippen LogP contribution in [0.3, 0.4) is 0 Å². The Kier molecular flexibility index (Phi) is 3.27. The Balaban J connectivity index is 1.60. The van der Waals surface area contributed by atoms with Gasteiger partial charge >= 0.3 is 5.97 Å². The van der Waals surface area contributed by atoms with Crippen molar-refractivity contribution in [2.24, 2.45) is 5.10 Å². The first-order valence-corrected chi connectivity index (χ1v) is 7.39. The van der Waals surface area contributed by atoms with Crippen LogP contribution in [0.1, 0.15) is 11.1 Å². The first kappa shape index (κ1) is 13.5. The zero-order valence-electron chi connectivity index (χ0n) is 12.3. The van der Waals surface area contributed by atoms with Crippen molar-refractivity contribution in [3.63, 3.8) is 0 Å². The second kappa shape index (κ2) is 5.57. The monoisotopic (exact) mass is 302 g/mol. The van der Waals surface area contributed by atoms with Crippen molar-refractivity contribution < 1.29 is 9.53 Å². The molecule has 0 saturated heterocycles. The molecule has 23 heavy (non-hydrogen) atoms. The molecule has 1 aromatic heterocycles. The zero-order valence-corrected chi connectivity index (χ0v) is 12.3. The van der Waals surface area contributed by atoms with E-state index in [9.17, 15) is 4.79 Å². The second-order valence-corrected chi connectivity index (χ2v) is 5.33. The molecular weight excluding hydrogens is 288 g/mol. The molecule has 0 unspecified atom stereocenters. The second-order valence-electron chi connectivity index (χ2n) is 5.33. The maximum absolute atomic E-state index is 12.3. The molecule has 3 aromatic rings. The number of carbonyl (C=O) groups excluding carboxylic acids is 1. The van der Waals surface area contributed by atoms with Gasteiger partial charge < -0.3 is 4.74 Å². The minimum atomic E-state index is -0.431. The molecule has 0 amide bonds. The summed E-state index contributed by atoms with van der Waals surface area (Å²) in [5.74, 6) is -0.431. The summed E-state index contributed by atoms with van der Waals surface area (Å²) in [5, 5.41) is 5.49. The highest BCUT2D eigenvalue weighted by atomic mass is 16.5. The number of ether oxygens (including phenoxy) is 1. The van der Waals surface area contributed by atoms with E-state index in [2.05, 4.69) is 5.10 Å². The van der Waals surface area contributed by atoms with Crippen LogP contribution in [0.15, 0.2) is 72.0 Å². The topological polar surface area (TPSA) is 43.6 Å². The summed E-state index contributed by atoms with van der Waals surface area (Å²) in [6.07, 6.45) is 5.45. The number of aromatic nitrogens is 1. The van der Waals surface area contributed by atoms with Crippen molar-refractivity contribution in [1.29, 1.82) is 0 Å². The van der Waals surface area contributed by atoms with Gasteiger partial charge in [0.25, 0.3) is 0 Å². The maximum atomic E-state index is 12.3. The Labute approximate surface area is 133 Å². The number of carbonyl (C=O) groups is 1. The third-order valence-electron chi connectivity index (χ3n) is 3.78. The van der Waals surface area contributed by atoms with Crippen LogP contribution in [0, 0.1) is 0 Å². The Hall–Kier alpha value is -3.14. The quantitative estimate of drug-likeness (QED) is 0.694. The molecule has 2 heterocycles. The van der Waals surface area contributed by atoms with Crippen LogP contribution >= 0.6 is 0 Å². The minimum Gasteiger partial charge on any atom is -0.456 e. The predicted molar refractivity (Wildman–Crippen MR) is 90.0 cm³/mol. The average Bonchev–Trinajstić information content (AvgIpc) is 2.90. The standard InChI is InChI=1S/C19H14N2O2/c22-19(23-13-14-5-2-1-3-6-14)17-10-9-15-7-4-8-16-11-12-21(20-17)18(15)16/h1-12H,13H2. The van der Waals surface area contributed by atoms with Crippen LogP contribution in [0.5, 0.6) is 0 Å². The van der Waals surface area contributed by atoms with E-state index in [1.54, 1.807) is 10.8 Å². The number of para-hydroxylation sites is 1. The fourth-order valence-corrected chi connectivity index (χ4v) is 2.65. The summed E-state index contributed by atoms with van der Waals surface area (Å²) >= 11 is 0. The number of esters is 1. The van der Waals surface area contributed by atoms with Gasteiger partial charge in [0.05, 0.1) is 5.52 Å². The molecule has 1 aliphatic rings.